The highest BCUT2D eigenvalue weighted by molar-refractivity contribution is 6.36. The van der Waals surface area contributed by atoms with Crippen LogP contribution in [0.3, 0.4) is 0 Å². The zero-order valence-electron chi connectivity index (χ0n) is 28.6. The van der Waals surface area contributed by atoms with E-state index in [9.17, 15) is 0 Å². The van der Waals surface area contributed by atoms with E-state index >= 15 is 0 Å². The molecule has 4 aromatic heterocycles. The molecule has 3 nitrogen and oxygen atoms in total. The number of anilines is 3. The van der Waals surface area contributed by atoms with Crippen molar-refractivity contribution in [1.82, 2.24) is 8.80 Å². The van der Waals surface area contributed by atoms with Gasteiger partial charge in [0.1, 0.15) is 0 Å². The molecule has 13 aromatic rings. The highest BCUT2D eigenvalue weighted by Gasteiger charge is 2.27. The lowest BCUT2D eigenvalue weighted by Crippen LogP contribution is -2.10. The normalized spacial score (nSPS) is 12.5. The lowest BCUT2D eigenvalue weighted by Gasteiger charge is -2.26. The van der Waals surface area contributed by atoms with Crippen LogP contribution in [-0.4, -0.2) is 8.80 Å². The van der Waals surface area contributed by atoms with E-state index in [0.29, 0.717) is 0 Å². The minimum Gasteiger partial charge on any atom is -0.308 e. The Kier molecular flexibility index (Phi) is 5.11. The zero-order chi connectivity index (χ0) is 34.4. The van der Waals surface area contributed by atoms with Crippen molar-refractivity contribution in [3.63, 3.8) is 0 Å². The van der Waals surface area contributed by atoms with Gasteiger partial charge < -0.3 is 13.7 Å². The highest BCUT2D eigenvalue weighted by Crippen LogP contribution is 2.50. The first-order chi connectivity index (χ1) is 26.3. The van der Waals surface area contributed by atoms with Crippen LogP contribution >= 0.6 is 0 Å². The molecule has 0 fully saturated rings. The largest absolute Gasteiger partial charge is 0.308 e. The summed E-state index contributed by atoms with van der Waals surface area (Å²) in [6.45, 7) is 0. The van der Waals surface area contributed by atoms with Gasteiger partial charge in [0, 0.05) is 54.5 Å². The van der Waals surface area contributed by atoms with Crippen molar-refractivity contribution in [2.45, 2.75) is 0 Å². The molecule has 0 atom stereocenters. The van der Waals surface area contributed by atoms with Crippen LogP contribution in [0.4, 0.5) is 17.1 Å². The SMILES string of the molecule is c1ccc(N(c2ccccc2)c2cccc3c4cc5ccccc5c5c6cc7c(cc6n(c23)c45)c2cc3ccccc3c3c4ccccc4n7c23)cc1. The van der Waals surface area contributed by atoms with Crippen molar-refractivity contribution >= 4 is 115 Å². The van der Waals surface area contributed by atoms with Crippen molar-refractivity contribution < 1.29 is 0 Å². The summed E-state index contributed by atoms with van der Waals surface area (Å²) in [6, 6.07) is 65.0. The maximum absolute atomic E-state index is 2.58. The number of benzene rings is 9. The zero-order valence-corrected chi connectivity index (χ0v) is 28.6. The number of hydrogen-bond donors (Lipinski definition) is 0. The summed E-state index contributed by atoms with van der Waals surface area (Å²) < 4.78 is 5.12. The Morgan fingerprint density at radius 3 is 1.51 bits per heavy atom. The summed E-state index contributed by atoms with van der Waals surface area (Å²) in [6.07, 6.45) is 0. The monoisotopic (exact) mass is 671 g/mol. The summed E-state index contributed by atoms with van der Waals surface area (Å²) in [7, 11) is 0. The van der Waals surface area contributed by atoms with Crippen LogP contribution in [0.15, 0.2) is 176 Å². The first-order valence-corrected chi connectivity index (χ1v) is 18.4. The molecule has 13 rings (SSSR count). The number of nitrogens with zero attached hydrogens (tertiary/aromatic N) is 3. The Morgan fingerprint density at radius 2 is 0.811 bits per heavy atom. The lowest BCUT2D eigenvalue weighted by atomic mass is 9.98. The number of aromatic nitrogens is 2. The molecule has 0 spiro atoms. The molecule has 0 amide bonds. The van der Waals surface area contributed by atoms with Crippen molar-refractivity contribution in [2.24, 2.45) is 0 Å². The first kappa shape index (κ1) is 27.6. The molecule has 244 valence electrons. The second kappa shape index (κ2) is 9.81. The molecule has 0 saturated heterocycles. The molecular weight excluding hydrogens is 643 g/mol. The summed E-state index contributed by atoms with van der Waals surface area (Å²) in [4.78, 5) is 2.42. The van der Waals surface area contributed by atoms with E-state index in [0.717, 1.165) is 17.1 Å². The van der Waals surface area contributed by atoms with Crippen LogP contribution in [0, 0.1) is 0 Å². The molecule has 0 aliphatic heterocycles. The molecule has 9 aromatic carbocycles. The Balaban J connectivity index is 1.28. The summed E-state index contributed by atoms with van der Waals surface area (Å²) >= 11 is 0. The second-order valence-electron chi connectivity index (χ2n) is 14.5. The van der Waals surface area contributed by atoms with Gasteiger partial charge in [0.15, 0.2) is 0 Å². The minimum atomic E-state index is 1.13. The molecule has 0 radical (unpaired) electrons. The number of hydrogen-bond acceptors (Lipinski definition) is 1. The van der Waals surface area contributed by atoms with Crippen molar-refractivity contribution in [3.05, 3.63) is 176 Å². The molecule has 3 heteroatoms. The topological polar surface area (TPSA) is 12.1 Å². The number of para-hydroxylation sites is 4. The molecule has 0 unspecified atom stereocenters. The van der Waals surface area contributed by atoms with E-state index in [2.05, 4.69) is 190 Å². The smallest absolute Gasteiger partial charge is 0.0782 e. The molecule has 0 bridgehead atoms. The maximum atomic E-state index is 2.58. The van der Waals surface area contributed by atoms with Crippen molar-refractivity contribution in [1.29, 1.82) is 0 Å². The Labute approximate surface area is 303 Å². The number of rotatable bonds is 3. The van der Waals surface area contributed by atoms with Gasteiger partial charge in [-0.3, -0.25) is 0 Å². The predicted octanol–water partition coefficient (Wildman–Crippen LogP) is 13.8. The Bertz CT molecular complexity index is 3570. The van der Waals surface area contributed by atoms with Gasteiger partial charge in [-0.25, -0.2) is 0 Å². The molecular formula is C50H29N3. The van der Waals surface area contributed by atoms with Gasteiger partial charge in [0.05, 0.1) is 38.8 Å². The van der Waals surface area contributed by atoms with Crippen molar-refractivity contribution in [2.75, 3.05) is 4.90 Å². The summed E-state index contributed by atoms with van der Waals surface area (Å²) in [5.74, 6) is 0. The molecule has 0 aliphatic rings. The fourth-order valence-electron chi connectivity index (χ4n) is 9.81. The van der Waals surface area contributed by atoms with Gasteiger partial charge in [-0.1, -0.05) is 115 Å². The Hall–Kier alpha value is -7.10. The van der Waals surface area contributed by atoms with Gasteiger partial charge in [0.25, 0.3) is 0 Å². The van der Waals surface area contributed by atoms with Crippen LogP contribution < -0.4 is 4.90 Å². The van der Waals surface area contributed by atoms with Gasteiger partial charge in [-0.05, 0) is 82.2 Å². The quantitative estimate of drug-likeness (QED) is 0.182. The standard InChI is InChI=1S/C50H29N3/c1-3-16-32(17-4-1)51(33-18-5-2-6-19-33)43-25-13-23-36-39-26-30-14-8-10-21-35(30)47-41-29-44-38(28-45(41)53(48(36)43)50(39)47)40-27-31-15-7-9-20-34(31)46-37-22-11-12-24-42(37)52(44)49(40)46/h1-29H. The summed E-state index contributed by atoms with van der Waals surface area (Å²) in [5, 5.41) is 15.5. The lowest BCUT2D eigenvalue weighted by molar-refractivity contribution is 1.27. The van der Waals surface area contributed by atoms with E-state index in [-0.39, 0.29) is 0 Å². The Morgan fingerprint density at radius 1 is 0.302 bits per heavy atom. The third-order valence-electron chi connectivity index (χ3n) is 11.9. The van der Waals surface area contributed by atoms with E-state index in [4.69, 9.17) is 0 Å². The third-order valence-corrected chi connectivity index (χ3v) is 11.9. The van der Waals surface area contributed by atoms with Gasteiger partial charge >= 0.3 is 0 Å². The van der Waals surface area contributed by atoms with E-state index in [1.165, 1.54) is 97.7 Å². The second-order valence-corrected chi connectivity index (χ2v) is 14.5. The van der Waals surface area contributed by atoms with Crippen LogP contribution in [0.25, 0.3) is 97.7 Å². The molecule has 4 heterocycles. The van der Waals surface area contributed by atoms with Gasteiger partial charge in [0.2, 0.25) is 0 Å². The fraction of sp³-hybridized carbons (Fsp3) is 0. The van der Waals surface area contributed by atoms with E-state index in [1.807, 2.05) is 0 Å². The molecule has 0 aliphatic carbocycles. The maximum Gasteiger partial charge on any atom is 0.0782 e. The van der Waals surface area contributed by atoms with E-state index in [1.54, 1.807) is 0 Å². The van der Waals surface area contributed by atoms with Crippen LogP contribution in [0.5, 0.6) is 0 Å². The van der Waals surface area contributed by atoms with E-state index < -0.39 is 0 Å². The average Bonchev–Trinajstić information content (AvgIpc) is 3.94. The predicted molar refractivity (Wildman–Crippen MR) is 225 cm³/mol. The van der Waals surface area contributed by atoms with Crippen LogP contribution in [0.2, 0.25) is 0 Å². The average molecular weight is 672 g/mol. The van der Waals surface area contributed by atoms with Crippen LogP contribution in [-0.2, 0) is 0 Å². The minimum absolute atomic E-state index is 1.13. The summed E-state index contributed by atoms with van der Waals surface area (Å²) in [5.41, 5.74) is 11.0. The van der Waals surface area contributed by atoms with Gasteiger partial charge in [-0.15, -0.1) is 0 Å². The molecule has 53 heavy (non-hydrogen) atoms. The van der Waals surface area contributed by atoms with Gasteiger partial charge in [-0.2, -0.15) is 0 Å². The number of fused-ring (bicyclic) bond motifs is 16. The molecule has 0 N–H and O–H groups in total. The first-order valence-electron chi connectivity index (χ1n) is 18.4. The van der Waals surface area contributed by atoms with Crippen LogP contribution in [0.1, 0.15) is 0 Å². The fourth-order valence-corrected chi connectivity index (χ4v) is 9.81. The third kappa shape index (κ3) is 3.40. The highest BCUT2D eigenvalue weighted by atomic mass is 15.2. The molecule has 0 saturated carbocycles. The van der Waals surface area contributed by atoms with Crippen molar-refractivity contribution in [3.8, 4) is 0 Å².